The van der Waals surface area contributed by atoms with Crippen LogP contribution in [-0.2, 0) is 33.3 Å². The summed E-state index contributed by atoms with van der Waals surface area (Å²) in [5.74, 6) is -2.79. The van der Waals surface area contributed by atoms with E-state index < -0.39 is 67.2 Å². The van der Waals surface area contributed by atoms with Crippen LogP contribution in [0.5, 0.6) is 0 Å². The molecule has 11 nitrogen and oxygen atoms in total. The fraction of sp³-hybridized carbons (Fsp3) is 0.824. The molecule has 4 N–H and O–H groups in total. The first-order valence-corrected chi connectivity index (χ1v) is 8.98. The Balaban J connectivity index is 3.00. The number of esters is 3. The number of aliphatic hydroxyl groups is 4. The van der Waals surface area contributed by atoms with Crippen molar-refractivity contribution < 1.29 is 53.8 Å². The number of carbonyl (C=O) groups excluding carboxylic acids is 3. The molecule has 1 fully saturated rings. The first-order chi connectivity index (χ1) is 13.0. The van der Waals surface area contributed by atoms with Crippen molar-refractivity contribution in [3.8, 4) is 0 Å². The van der Waals surface area contributed by atoms with Gasteiger partial charge in [-0.15, -0.1) is 0 Å². The van der Waals surface area contributed by atoms with Crippen LogP contribution in [0.1, 0.15) is 40.0 Å². The van der Waals surface area contributed by atoms with Crippen molar-refractivity contribution in [2.24, 2.45) is 0 Å². The molecule has 0 aromatic carbocycles. The van der Waals surface area contributed by atoms with Gasteiger partial charge in [-0.25, -0.2) is 4.79 Å². The van der Waals surface area contributed by atoms with Crippen molar-refractivity contribution in [2.75, 3.05) is 6.61 Å². The maximum Gasteiger partial charge on any atom is 0.335 e. The van der Waals surface area contributed by atoms with E-state index in [9.17, 15) is 34.8 Å². The third-order valence-corrected chi connectivity index (χ3v) is 3.79. The molecule has 0 aliphatic carbocycles. The van der Waals surface area contributed by atoms with Gasteiger partial charge in [0.05, 0.1) is 31.7 Å². The largest absolute Gasteiger partial charge is 0.454 e. The predicted molar refractivity (Wildman–Crippen MR) is 90.5 cm³/mol. The van der Waals surface area contributed by atoms with Gasteiger partial charge in [-0.3, -0.25) is 9.59 Å². The molecule has 1 aliphatic heterocycles. The van der Waals surface area contributed by atoms with E-state index in [4.69, 9.17) is 18.9 Å². The Morgan fingerprint density at radius 3 is 1.93 bits per heavy atom. The van der Waals surface area contributed by atoms with Crippen molar-refractivity contribution in [3.63, 3.8) is 0 Å². The molecule has 162 valence electrons. The Hall–Kier alpha value is -1.79. The molecule has 11 heteroatoms. The van der Waals surface area contributed by atoms with Gasteiger partial charge >= 0.3 is 17.9 Å². The monoisotopic (exact) mass is 408 g/mol. The Morgan fingerprint density at radius 2 is 1.46 bits per heavy atom. The molecule has 0 spiro atoms. The van der Waals surface area contributed by atoms with E-state index in [2.05, 4.69) is 0 Å². The van der Waals surface area contributed by atoms with Crippen LogP contribution in [0, 0.1) is 0 Å². The summed E-state index contributed by atoms with van der Waals surface area (Å²) in [5, 5.41) is 38.2. The third kappa shape index (κ3) is 7.68. The number of carbonyl (C=O) groups is 3. The summed E-state index contributed by atoms with van der Waals surface area (Å²) in [6.07, 6.45) is -10.1. The summed E-state index contributed by atoms with van der Waals surface area (Å²) >= 11 is 0. The number of hydrogen-bond acceptors (Lipinski definition) is 11. The molecule has 0 aromatic rings. The van der Waals surface area contributed by atoms with E-state index in [1.807, 2.05) is 0 Å². The summed E-state index contributed by atoms with van der Waals surface area (Å²) in [6, 6.07) is 0. The smallest absolute Gasteiger partial charge is 0.335 e. The van der Waals surface area contributed by atoms with E-state index >= 15 is 0 Å². The molecule has 0 saturated carbocycles. The zero-order valence-electron chi connectivity index (χ0n) is 16.0. The van der Waals surface area contributed by atoms with Crippen molar-refractivity contribution >= 4 is 17.9 Å². The zero-order valence-corrected chi connectivity index (χ0v) is 16.0. The lowest BCUT2D eigenvalue weighted by molar-refractivity contribution is -0.270. The molecule has 0 aromatic heterocycles. The maximum absolute atomic E-state index is 12.0. The molecule has 4 unspecified atom stereocenters. The second kappa shape index (κ2) is 11.3. The van der Waals surface area contributed by atoms with E-state index in [0.29, 0.717) is 0 Å². The van der Waals surface area contributed by atoms with Gasteiger partial charge in [-0.1, -0.05) is 6.92 Å². The lowest BCUT2D eigenvalue weighted by Crippen LogP contribution is -2.58. The molecule has 1 saturated heterocycles. The van der Waals surface area contributed by atoms with Gasteiger partial charge in [-0.2, -0.15) is 0 Å². The highest BCUT2D eigenvalue weighted by Crippen LogP contribution is 2.24. The van der Waals surface area contributed by atoms with Crippen LogP contribution in [0.2, 0.25) is 0 Å². The van der Waals surface area contributed by atoms with E-state index in [-0.39, 0.29) is 19.4 Å². The molecular weight excluding hydrogens is 380 g/mol. The molecule has 7 atom stereocenters. The van der Waals surface area contributed by atoms with E-state index in [1.54, 1.807) is 6.92 Å². The van der Waals surface area contributed by atoms with Crippen LogP contribution in [0.25, 0.3) is 0 Å². The Bertz CT molecular complexity index is 533. The van der Waals surface area contributed by atoms with Gasteiger partial charge < -0.3 is 39.4 Å². The maximum atomic E-state index is 12.0. The molecule has 28 heavy (non-hydrogen) atoms. The molecule has 1 heterocycles. The van der Waals surface area contributed by atoms with Gasteiger partial charge in [-0.05, 0) is 20.3 Å². The van der Waals surface area contributed by atoms with Gasteiger partial charge in [0, 0.05) is 0 Å². The predicted octanol–water partition coefficient (Wildman–Crippen LogP) is -1.62. The Kier molecular flexibility index (Phi) is 9.76. The minimum Gasteiger partial charge on any atom is -0.454 e. The van der Waals surface area contributed by atoms with E-state index in [0.717, 1.165) is 0 Å². The van der Waals surface area contributed by atoms with Crippen molar-refractivity contribution in [3.05, 3.63) is 0 Å². The summed E-state index contributed by atoms with van der Waals surface area (Å²) < 4.78 is 20.4. The van der Waals surface area contributed by atoms with Crippen LogP contribution in [0.15, 0.2) is 0 Å². The lowest BCUT2D eigenvalue weighted by Gasteiger charge is -2.39. The fourth-order valence-electron chi connectivity index (χ4n) is 2.40. The van der Waals surface area contributed by atoms with Gasteiger partial charge in [0.2, 0.25) is 0 Å². The van der Waals surface area contributed by atoms with Crippen LogP contribution in [-0.4, -0.2) is 87.9 Å². The highest BCUT2D eigenvalue weighted by atomic mass is 16.7. The van der Waals surface area contributed by atoms with Crippen LogP contribution < -0.4 is 0 Å². The Morgan fingerprint density at radius 1 is 0.964 bits per heavy atom. The van der Waals surface area contributed by atoms with Gasteiger partial charge in [0.15, 0.2) is 30.7 Å². The molecule has 0 amide bonds. The normalized spacial score (nSPS) is 28.0. The molecule has 1 rings (SSSR count). The number of rotatable bonds is 9. The second-order valence-electron chi connectivity index (χ2n) is 6.64. The summed E-state index contributed by atoms with van der Waals surface area (Å²) in [5.41, 5.74) is 0. The van der Waals surface area contributed by atoms with Crippen LogP contribution in [0.4, 0.5) is 0 Å². The third-order valence-electron chi connectivity index (χ3n) is 3.79. The SMILES string of the molecule is CCC(O)C(=O)O[C@@H]1COC(O)[C@H](OC(=O)CC(C)O)[C@H]1OC(=O)CC(C)O. The Labute approximate surface area is 162 Å². The summed E-state index contributed by atoms with van der Waals surface area (Å²) in [4.78, 5) is 35.8. The standard InChI is InChI=1S/C17H28O11/c1-4-10(20)16(23)26-11-7-25-17(24)15(28-13(22)6-9(3)19)14(11)27-12(21)5-8(2)18/h8-11,14-15,17-20,24H,4-7H2,1-3H3/t8?,9?,10?,11-,14+,15-,17?/m1/s1. The number of ether oxygens (including phenoxy) is 4. The topological polar surface area (TPSA) is 169 Å². The average Bonchev–Trinajstić information content (AvgIpc) is 2.58. The lowest BCUT2D eigenvalue weighted by atomic mass is 10.0. The fourth-order valence-corrected chi connectivity index (χ4v) is 2.40. The number of hydrogen-bond donors (Lipinski definition) is 4. The highest BCUT2D eigenvalue weighted by Gasteiger charge is 2.47. The van der Waals surface area contributed by atoms with Gasteiger partial charge in [0.25, 0.3) is 0 Å². The average molecular weight is 408 g/mol. The molecule has 0 radical (unpaired) electrons. The minimum atomic E-state index is -1.69. The van der Waals surface area contributed by atoms with Crippen molar-refractivity contribution in [1.29, 1.82) is 0 Å². The van der Waals surface area contributed by atoms with Gasteiger partial charge in [0.1, 0.15) is 0 Å². The second-order valence-corrected chi connectivity index (χ2v) is 6.64. The highest BCUT2D eigenvalue weighted by molar-refractivity contribution is 5.75. The summed E-state index contributed by atoms with van der Waals surface area (Å²) in [6.45, 7) is 3.87. The first kappa shape index (κ1) is 24.2. The number of aliphatic hydroxyl groups excluding tert-OH is 4. The molecular formula is C17H28O11. The van der Waals surface area contributed by atoms with E-state index in [1.165, 1.54) is 13.8 Å². The first-order valence-electron chi connectivity index (χ1n) is 8.98. The van der Waals surface area contributed by atoms with Crippen molar-refractivity contribution in [1.82, 2.24) is 0 Å². The minimum absolute atomic E-state index is 0.0777. The summed E-state index contributed by atoms with van der Waals surface area (Å²) in [7, 11) is 0. The van der Waals surface area contributed by atoms with Crippen molar-refractivity contribution in [2.45, 2.75) is 82.9 Å². The molecule has 1 aliphatic rings. The molecule has 0 bridgehead atoms. The zero-order chi connectivity index (χ0) is 21.4. The van der Waals surface area contributed by atoms with Crippen LogP contribution in [0.3, 0.4) is 0 Å². The quantitative estimate of drug-likeness (QED) is 0.255. The van der Waals surface area contributed by atoms with Crippen LogP contribution >= 0.6 is 0 Å².